The van der Waals surface area contributed by atoms with E-state index in [4.69, 9.17) is 14.1 Å². The Kier molecular flexibility index (Phi) is 4.60. The van der Waals surface area contributed by atoms with Gasteiger partial charge in [-0.2, -0.15) is 0 Å². The molecule has 2 aromatic carbocycles. The molecule has 4 aromatic rings. The van der Waals surface area contributed by atoms with Gasteiger partial charge in [-0.15, -0.1) is 0 Å². The van der Waals surface area contributed by atoms with Crippen molar-refractivity contribution in [3.8, 4) is 0 Å². The predicted octanol–water partition coefficient (Wildman–Crippen LogP) is 5.49. The average Bonchev–Trinajstić information content (AvgIpc) is 3.47. The van der Waals surface area contributed by atoms with E-state index in [1.807, 2.05) is 30.3 Å². The molecule has 5 rings (SSSR count). The number of carbonyl (C=O) groups excluding carboxylic acids is 1. The fraction of sp³-hybridized carbons (Fsp3) is 0.304. The molecule has 148 valence electrons. The van der Waals surface area contributed by atoms with E-state index in [1.54, 1.807) is 4.90 Å². The van der Waals surface area contributed by atoms with Crippen molar-refractivity contribution < 1.29 is 13.9 Å². The maximum absolute atomic E-state index is 13.5. The van der Waals surface area contributed by atoms with Gasteiger partial charge in [0, 0.05) is 12.0 Å². The molecule has 0 spiro atoms. The fourth-order valence-corrected chi connectivity index (χ4v) is 4.82. The van der Waals surface area contributed by atoms with Crippen LogP contribution in [-0.2, 0) is 4.74 Å². The number of furan rings is 1. The van der Waals surface area contributed by atoms with Crippen LogP contribution in [-0.4, -0.2) is 30.1 Å². The van der Waals surface area contributed by atoms with Gasteiger partial charge in [-0.25, -0.2) is 4.98 Å². The second kappa shape index (κ2) is 7.28. The Bertz CT molecular complexity index is 1170. The lowest BCUT2D eigenvalue weighted by molar-refractivity contribution is 0.0896. The number of ether oxygens (including phenoxy) is 1. The molecule has 3 heterocycles. The van der Waals surface area contributed by atoms with Crippen LogP contribution in [0.2, 0.25) is 0 Å². The number of carbonyl (C=O) groups is 1. The lowest BCUT2D eigenvalue weighted by Gasteiger charge is -2.22. The van der Waals surface area contributed by atoms with Crippen LogP contribution in [0.4, 0.5) is 5.13 Å². The van der Waals surface area contributed by atoms with E-state index in [2.05, 4.69) is 26.0 Å². The molecule has 1 atom stereocenters. The third-order valence-corrected chi connectivity index (χ3v) is 6.64. The van der Waals surface area contributed by atoms with Gasteiger partial charge in [0.05, 0.1) is 22.9 Å². The molecule has 6 heteroatoms. The number of fused-ring (bicyclic) bond motifs is 2. The Balaban J connectivity index is 1.57. The Morgan fingerprint density at radius 3 is 2.90 bits per heavy atom. The molecule has 1 aliphatic heterocycles. The monoisotopic (exact) mass is 406 g/mol. The van der Waals surface area contributed by atoms with Crippen LogP contribution in [0.5, 0.6) is 0 Å². The minimum absolute atomic E-state index is 0.0261. The second-order valence-electron chi connectivity index (χ2n) is 7.55. The second-order valence-corrected chi connectivity index (χ2v) is 8.56. The first-order chi connectivity index (χ1) is 14.1. The first-order valence-corrected chi connectivity index (χ1v) is 10.7. The van der Waals surface area contributed by atoms with Gasteiger partial charge in [0.25, 0.3) is 5.91 Å². The molecule has 0 N–H and O–H groups in total. The molecule has 2 aromatic heterocycles. The summed E-state index contributed by atoms with van der Waals surface area (Å²) in [4.78, 5) is 20.0. The number of aryl methyl sites for hydroxylation is 2. The highest BCUT2D eigenvalue weighted by Gasteiger charge is 2.29. The third-order valence-electron chi connectivity index (χ3n) is 5.60. The van der Waals surface area contributed by atoms with Gasteiger partial charge in [-0.1, -0.05) is 35.6 Å². The van der Waals surface area contributed by atoms with Crippen molar-refractivity contribution in [2.45, 2.75) is 32.8 Å². The number of amides is 1. The van der Waals surface area contributed by atoms with Crippen molar-refractivity contribution >= 4 is 43.6 Å². The number of hydrogen-bond donors (Lipinski definition) is 0. The summed E-state index contributed by atoms with van der Waals surface area (Å²) in [5.74, 6) is 0.154. The van der Waals surface area contributed by atoms with E-state index in [0.717, 1.165) is 40.6 Å². The van der Waals surface area contributed by atoms with E-state index in [9.17, 15) is 4.79 Å². The number of aromatic nitrogens is 1. The van der Waals surface area contributed by atoms with Gasteiger partial charge in [0.1, 0.15) is 5.58 Å². The summed E-state index contributed by atoms with van der Waals surface area (Å²) in [6, 6.07) is 13.7. The number of rotatable bonds is 4. The summed E-state index contributed by atoms with van der Waals surface area (Å²) < 4.78 is 12.8. The molecule has 1 saturated heterocycles. The molecular weight excluding hydrogens is 384 g/mol. The topological polar surface area (TPSA) is 55.6 Å². The highest BCUT2D eigenvalue weighted by molar-refractivity contribution is 7.22. The zero-order valence-electron chi connectivity index (χ0n) is 16.5. The van der Waals surface area contributed by atoms with Gasteiger partial charge in [0.2, 0.25) is 0 Å². The van der Waals surface area contributed by atoms with Crippen LogP contribution in [0.3, 0.4) is 0 Å². The number of thiazole rings is 1. The number of anilines is 1. The minimum Gasteiger partial charge on any atom is -0.451 e. The van der Waals surface area contributed by atoms with Crippen LogP contribution in [0.15, 0.2) is 46.9 Å². The maximum atomic E-state index is 13.5. The summed E-state index contributed by atoms with van der Waals surface area (Å²) in [5.41, 5.74) is 4.02. The number of para-hydroxylation sites is 1. The standard InChI is InChI=1S/C23H22N2O3S/c1-14-9-10-20-21(15(14)2)24-23(29-20)25(13-17-7-5-11-27-17)22(26)19-12-16-6-3-4-8-18(16)28-19/h3-4,6,8-10,12,17H,5,7,11,13H2,1-2H3/t17-/m1/s1. The summed E-state index contributed by atoms with van der Waals surface area (Å²) in [5, 5.41) is 1.61. The van der Waals surface area contributed by atoms with Crippen LogP contribution < -0.4 is 4.90 Å². The highest BCUT2D eigenvalue weighted by atomic mass is 32.1. The van der Waals surface area contributed by atoms with Crippen LogP contribution >= 0.6 is 11.3 Å². The van der Waals surface area contributed by atoms with Crippen molar-refractivity contribution in [1.29, 1.82) is 0 Å². The summed E-state index contributed by atoms with van der Waals surface area (Å²) in [7, 11) is 0. The quantitative estimate of drug-likeness (QED) is 0.450. The fourth-order valence-electron chi connectivity index (χ4n) is 3.79. The Morgan fingerprint density at radius 2 is 2.10 bits per heavy atom. The Morgan fingerprint density at radius 1 is 1.24 bits per heavy atom. The molecule has 0 radical (unpaired) electrons. The van der Waals surface area contributed by atoms with Crippen LogP contribution in [0.1, 0.15) is 34.5 Å². The van der Waals surface area contributed by atoms with Crippen molar-refractivity contribution in [3.05, 3.63) is 59.4 Å². The van der Waals surface area contributed by atoms with E-state index >= 15 is 0 Å². The highest BCUT2D eigenvalue weighted by Crippen LogP contribution is 2.34. The number of nitrogens with zero attached hydrogens (tertiary/aromatic N) is 2. The molecule has 29 heavy (non-hydrogen) atoms. The van der Waals surface area contributed by atoms with Gasteiger partial charge in [0.15, 0.2) is 10.9 Å². The lowest BCUT2D eigenvalue weighted by Crippen LogP contribution is -2.37. The molecule has 5 nitrogen and oxygen atoms in total. The van der Waals surface area contributed by atoms with Crippen LogP contribution in [0, 0.1) is 13.8 Å². The van der Waals surface area contributed by atoms with Crippen molar-refractivity contribution in [1.82, 2.24) is 4.98 Å². The molecule has 0 saturated carbocycles. The van der Waals surface area contributed by atoms with E-state index < -0.39 is 0 Å². The normalized spacial score (nSPS) is 16.7. The summed E-state index contributed by atoms with van der Waals surface area (Å²) in [6.45, 7) is 5.38. The van der Waals surface area contributed by atoms with Gasteiger partial charge >= 0.3 is 0 Å². The Hall–Kier alpha value is -2.70. The maximum Gasteiger partial charge on any atom is 0.295 e. The Labute approximate surface area is 172 Å². The van der Waals surface area contributed by atoms with Gasteiger partial charge in [-0.05, 0) is 56.0 Å². The van der Waals surface area contributed by atoms with Crippen molar-refractivity contribution in [3.63, 3.8) is 0 Å². The van der Waals surface area contributed by atoms with Crippen molar-refractivity contribution in [2.24, 2.45) is 0 Å². The summed E-state index contributed by atoms with van der Waals surface area (Å²) in [6.07, 6.45) is 2.00. The van der Waals surface area contributed by atoms with Gasteiger partial charge in [-0.3, -0.25) is 9.69 Å². The third kappa shape index (κ3) is 3.32. The lowest BCUT2D eigenvalue weighted by atomic mass is 10.1. The van der Waals surface area contributed by atoms with Crippen LogP contribution in [0.25, 0.3) is 21.2 Å². The molecule has 1 fully saturated rings. The number of hydrogen-bond acceptors (Lipinski definition) is 5. The van der Waals surface area contributed by atoms with E-state index in [1.165, 1.54) is 16.9 Å². The smallest absolute Gasteiger partial charge is 0.295 e. The summed E-state index contributed by atoms with van der Waals surface area (Å²) >= 11 is 1.54. The largest absolute Gasteiger partial charge is 0.451 e. The van der Waals surface area contributed by atoms with Gasteiger partial charge < -0.3 is 9.15 Å². The predicted molar refractivity (Wildman–Crippen MR) is 116 cm³/mol. The zero-order chi connectivity index (χ0) is 20.0. The zero-order valence-corrected chi connectivity index (χ0v) is 17.3. The van der Waals surface area contributed by atoms with E-state index in [-0.39, 0.29) is 12.0 Å². The molecular formula is C23H22N2O3S. The minimum atomic E-state index is -0.176. The molecule has 0 unspecified atom stereocenters. The van der Waals surface area contributed by atoms with Crippen molar-refractivity contribution in [2.75, 3.05) is 18.1 Å². The molecule has 1 aliphatic rings. The first-order valence-electron chi connectivity index (χ1n) is 9.89. The SMILES string of the molecule is Cc1ccc2sc(N(C[C@H]3CCCO3)C(=O)c3cc4ccccc4o3)nc2c1C. The average molecular weight is 407 g/mol. The van der Waals surface area contributed by atoms with E-state index in [0.29, 0.717) is 23.0 Å². The molecule has 1 amide bonds. The first kappa shape index (κ1) is 18.3. The molecule has 0 bridgehead atoms. The molecule has 0 aliphatic carbocycles. The number of benzene rings is 2.